The molecule has 3 aromatic rings. The maximum Gasteiger partial charge on any atom is 0.406 e. The van der Waals surface area contributed by atoms with Crippen molar-refractivity contribution in [2.75, 3.05) is 33.8 Å². The molecule has 0 aliphatic rings. The van der Waals surface area contributed by atoms with Gasteiger partial charge in [0.05, 0.1) is 12.7 Å². The Bertz CT molecular complexity index is 1480. The van der Waals surface area contributed by atoms with Gasteiger partial charge in [0, 0.05) is 44.2 Å². The monoisotopic (exact) mass is 648 g/mol. The van der Waals surface area contributed by atoms with Crippen molar-refractivity contribution in [2.24, 2.45) is 16.7 Å². The number of nitrogens with two attached hydrogens (primary N) is 2. The number of aliphatic hydroxyl groups is 1. The first-order valence-electron chi connectivity index (χ1n) is 16.1. The van der Waals surface area contributed by atoms with E-state index in [1.165, 1.54) is 13.2 Å². The average molecular weight is 649 g/mol. The third-order valence-corrected chi connectivity index (χ3v) is 8.21. The van der Waals surface area contributed by atoms with Crippen molar-refractivity contribution in [3.05, 3.63) is 94.8 Å². The summed E-state index contributed by atoms with van der Waals surface area (Å²) in [6, 6.07) is 19.9. The van der Waals surface area contributed by atoms with Crippen LogP contribution in [0.1, 0.15) is 72.0 Å². The minimum absolute atomic E-state index is 0.0860. The van der Waals surface area contributed by atoms with Crippen molar-refractivity contribution in [3.8, 4) is 11.1 Å². The number of carbonyl (C=O) groups excluding carboxylic acids is 2. The summed E-state index contributed by atoms with van der Waals surface area (Å²) in [6.07, 6.45) is 3.25. The van der Waals surface area contributed by atoms with Gasteiger partial charge in [-0.3, -0.25) is 4.79 Å². The number of amides is 2. The van der Waals surface area contributed by atoms with E-state index in [0.29, 0.717) is 86.2 Å². The highest BCUT2D eigenvalue weighted by molar-refractivity contribution is 5.94. The summed E-state index contributed by atoms with van der Waals surface area (Å²) in [4.78, 5) is 26.4. The lowest BCUT2D eigenvalue weighted by atomic mass is 9.80. The highest BCUT2D eigenvalue weighted by Gasteiger charge is 2.32. The number of hydrazone groups is 1. The molecule has 0 aliphatic carbocycles. The van der Waals surface area contributed by atoms with E-state index in [1.807, 2.05) is 55.5 Å². The Kier molecular flexibility index (Phi) is 14.6. The number of aryl methyl sites for hydroxylation is 1. The van der Waals surface area contributed by atoms with Gasteiger partial charge in [0.1, 0.15) is 11.7 Å². The zero-order chi connectivity index (χ0) is 34.2. The van der Waals surface area contributed by atoms with E-state index in [-0.39, 0.29) is 5.91 Å². The lowest BCUT2D eigenvalue weighted by Gasteiger charge is -2.32. The van der Waals surface area contributed by atoms with Gasteiger partial charge in [-0.2, -0.15) is 5.10 Å². The van der Waals surface area contributed by atoms with Crippen LogP contribution in [-0.2, 0) is 16.9 Å². The van der Waals surface area contributed by atoms with Crippen molar-refractivity contribution in [1.82, 2.24) is 15.5 Å². The van der Waals surface area contributed by atoms with Crippen LogP contribution in [0, 0.1) is 12.7 Å². The Balaban J connectivity index is 1.62. The number of hydrogen-bond donors (Lipinski definition) is 5. The summed E-state index contributed by atoms with van der Waals surface area (Å²) in [6.45, 7) is 4.17. The van der Waals surface area contributed by atoms with E-state index in [4.69, 9.17) is 11.6 Å². The standard InChI is InChI=1S/C36H49FN6O4/c1-26-10-6-11-29(24-26)33-30(12-7-13-31(33)37)36(46,20-9-22-41-35(45)47-3)19-4-5-23-43(2)34(44)28-17-15-27(16-18-28)25-40-21-8-14-32(38)42-39/h6-7,10-13,15-18,24,40,46H,4-5,8-9,14,19-23,25,39H2,1-3H3,(H2,38,42)(H,41,45). The van der Waals surface area contributed by atoms with Crippen molar-refractivity contribution in [3.63, 3.8) is 0 Å². The van der Waals surface area contributed by atoms with Crippen molar-refractivity contribution >= 4 is 17.8 Å². The lowest BCUT2D eigenvalue weighted by Crippen LogP contribution is -2.31. The smallest absolute Gasteiger partial charge is 0.406 e. The number of rotatable bonds is 18. The van der Waals surface area contributed by atoms with Crippen molar-refractivity contribution in [1.29, 1.82) is 0 Å². The van der Waals surface area contributed by atoms with Crippen LogP contribution in [0.25, 0.3) is 11.1 Å². The van der Waals surface area contributed by atoms with Crippen LogP contribution in [0.2, 0.25) is 0 Å². The van der Waals surface area contributed by atoms with Crippen molar-refractivity contribution < 1.29 is 23.8 Å². The number of amidine groups is 1. The van der Waals surface area contributed by atoms with Crippen molar-refractivity contribution in [2.45, 2.75) is 64.0 Å². The van der Waals surface area contributed by atoms with Crippen LogP contribution in [0.3, 0.4) is 0 Å². The summed E-state index contributed by atoms with van der Waals surface area (Å²) in [5.74, 6) is 5.08. The molecule has 47 heavy (non-hydrogen) atoms. The zero-order valence-electron chi connectivity index (χ0n) is 27.7. The summed E-state index contributed by atoms with van der Waals surface area (Å²) in [7, 11) is 3.06. The minimum atomic E-state index is -1.37. The Hall–Kier alpha value is -4.48. The van der Waals surface area contributed by atoms with E-state index in [2.05, 4.69) is 20.5 Å². The number of unbranched alkanes of at least 4 members (excludes halogenated alkanes) is 1. The molecule has 0 saturated heterocycles. The second-order valence-electron chi connectivity index (χ2n) is 11.9. The van der Waals surface area contributed by atoms with Gasteiger partial charge in [-0.1, -0.05) is 54.1 Å². The number of carbonyl (C=O) groups is 2. The molecule has 0 fully saturated rings. The molecule has 0 aromatic heterocycles. The summed E-state index contributed by atoms with van der Waals surface area (Å²) >= 11 is 0. The third-order valence-electron chi connectivity index (χ3n) is 8.21. The van der Waals surface area contributed by atoms with Gasteiger partial charge >= 0.3 is 6.09 Å². The molecular formula is C36H49FN6O4. The Morgan fingerprint density at radius 2 is 1.72 bits per heavy atom. The van der Waals surface area contributed by atoms with Gasteiger partial charge in [0.2, 0.25) is 0 Å². The zero-order valence-corrected chi connectivity index (χ0v) is 27.7. The number of methoxy groups -OCH3 is 1. The van der Waals surface area contributed by atoms with E-state index in [0.717, 1.165) is 24.1 Å². The number of halogens is 1. The molecule has 3 aromatic carbocycles. The highest BCUT2D eigenvalue weighted by atomic mass is 19.1. The number of alkyl carbamates (subject to hydrolysis) is 1. The lowest BCUT2D eigenvalue weighted by molar-refractivity contribution is 0.0139. The van der Waals surface area contributed by atoms with Crippen LogP contribution < -0.4 is 22.2 Å². The summed E-state index contributed by atoms with van der Waals surface area (Å²) < 4.78 is 20.1. The Morgan fingerprint density at radius 3 is 2.43 bits per heavy atom. The van der Waals surface area contributed by atoms with Crippen LogP contribution in [0.5, 0.6) is 0 Å². The number of ether oxygens (including phenoxy) is 1. The van der Waals surface area contributed by atoms with Crippen LogP contribution in [0.4, 0.5) is 9.18 Å². The molecule has 1 atom stereocenters. The number of benzene rings is 3. The van der Waals surface area contributed by atoms with E-state index < -0.39 is 17.5 Å². The first kappa shape index (κ1) is 37.0. The minimum Gasteiger partial charge on any atom is -0.453 e. The van der Waals surface area contributed by atoms with E-state index in [1.54, 1.807) is 24.1 Å². The van der Waals surface area contributed by atoms with Gasteiger partial charge in [-0.25, -0.2) is 9.18 Å². The maximum absolute atomic E-state index is 15.4. The number of hydrogen-bond acceptors (Lipinski definition) is 7. The van der Waals surface area contributed by atoms with Gasteiger partial charge in [-0.15, -0.1) is 0 Å². The molecule has 0 bridgehead atoms. The molecular weight excluding hydrogens is 599 g/mol. The molecule has 0 spiro atoms. The molecule has 3 rings (SSSR count). The normalized spacial score (nSPS) is 12.7. The third kappa shape index (κ3) is 11.4. The Morgan fingerprint density at radius 1 is 1.00 bits per heavy atom. The largest absolute Gasteiger partial charge is 0.453 e. The van der Waals surface area contributed by atoms with Crippen LogP contribution in [0.15, 0.2) is 71.8 Å². The molecule has 0 radical (unpaired) electrons. The fourth-order valence-electron chi connectivity index (χ4n) is 5.59. The molecule has 0 aliphatic heterocycles. The van der Waals surface area contributed by atoms with Gasteiger partial charge in [-0.05, 0) is 86.9 Å². The van der Waals surface area contributed by atoms with E-state index >= 15 is 4.39 Å². The fraction of sp³-hybridized carbons (Fsp3) is 0.417. The predicted molar refractivity (Wildman–Crippen MR) is 184 cm³/mol. The molecule has 10 nitrogen and oxygen atoms in total. The topological polar surface area (TPSA) is 155 Å². The van der Waals surface area contributed by atoms with E-state index in [9.17, 15) is 14.7 Å². The summed E-state index contributed by atoms with van der Waals surface area (Å²) in [5.41, 5.74) is 8.46. The molecule has 0 saturated carbocycles. The molecule has 7 N–H and O–H groups in total. The number of nitrogens with zero attached hydrogens (tertiary/aromatic N) is 2. The second kappa shape index (κ2) is 18.6. The second-order valence-corrected chi connectivity index (χ2v) is 11.9. The Labute approximate surface area is 277 Å². The predicted octanol–water partition coefficient (Wildman–Crippen LogP) is 5.17. The molecule has 2 amide bonds. The molecule has 0 heterocycles. The molecule has 254 valence electrons. The SMILES string of the molecule is COC(=O)NCCCC(O)(CCCCN(C)C(=O)c1ccc(CNCCC/C(N)=N/N)cc1)c1cccc(F)c1-c1cccc(C)c1. The van der Waals surface area contributed by atoms with Gasteiger partial charge < -0.3 is 37.0 Å². The highest BCUT2D eigenvalue weighted by Crippen LogP contribution is 2.40. The van der Waals surface area contributed by atoms with Gasteiger partial charge in [0.25, 0.3) is 5.91 Å². The first-order chi connectivity index (χ1) is 22.6. The van der Waals surface area contributed by atoms with Crippen LogP contribution >= 0.6 is 0 Å². The molecule has 11 heteroatoms. The first-order valence-corrected chi connectivity index (χ1v) is 16.1. The molecule has 1 unspecified atom stereocenters. The fourth-order valence-corrected chi connectivity index (χ4v) is 5.59. The van der Waals surface area contributed by atoms with Crippen LogP contribution in [-0.4, -0.2) is 61.6 Å². The maximum atomic E-state index is 15.4. The number of nitrogens with one attached hydrogen (secondary N) is 2. The quantitative estimate of drug-likeness (QED) is 0.0419. The summed E-state index contributed by atoms with van der Waals surface area (Å²) in [5, 5.41) is 21.6. The van der Waals surface area contributed by atoms with Gasteiger partial charge in [0.15, 0.2) is 0 Å². The average Bonchev–Trinajstić information content (AvgIpc) is 3.07.